The first-order valence-electron chi connectivity index (χ1n) is 4.05. The van der Waals surface area contributed by atoms with Crippen LogP contribution in [-0.2, 0) is 0 Å². The Labute approximate surface area is 63.0 Å². The maximum atomic E-state index is 8.45. The summed E-state index contributed by atoms with van der Waals surface area (Å²) in [4.78, 5) is 1.55. The highest BCUT2D eigenvalue weighted by atomic mass is 16.3. The molecule has 0 bridgehead atoms. The summed E-state index contributed by atoms with van der Waals surface area (Å²) < 4.78 is 0. The Morgan fingerprint density at radius 1 is 1.40 bits per heavy atom. The van der Waals surface area contributed by atoms with Crippen LogP contribution in [0.2, 0.25) is 0 Å². The van der Waals surface area contributed by atoms with Gasteiger partial charge in [0.25, 0.3) is 0 Å². The van der Waals surface area contributed by atoms with Crippen LogP contribution in [0.25, 0.3) is 0 Å². The minimum absolute atomic E-state index is 0.297. The lowest BCUT2D eigenvalue weighted by Crippen LogP contribution is -3.11. The Bertz CT molecular complexity index is 68.6. The summed E-state index contributed by atoms with van der Waals surface area (Å²) in [5, 5.41) is 10.6. The van der Waals surface area contributed by atoms with Crippen LogP contribution in [0.3, 0.4) is 0 Å². The molecule has 0 spiro atoms. The zero-order valence-electron chi connectivity index (χ0n) is 7.06. The number of likely N-dealkylation sites (N-methyl/N-ethyl adjacent to an activating group) is 1. The van der Waals surface area contributed by atoms with E-state index in [4.69, 9.17) is 5.11 Å². The summed E-state index contributed by atoms with van der Waals surface area (Å²) in [6, 6.07) is 0. The molecule has 0 fully saturated rings. The molecule has 0 amide bonds. The predicted molar refractivity (Wildman–Crippen MR) is 41.0 cm³/mol. The van der Waals surface area contributed by atoms with Crippen LogP contribution < -0.4 is 10.2 Å². The second-order valence-corrected chi connectivity index (χ2v) is 2.65. The number of aliphatic hydroxyl groups is 1. The van der Waals surface area contributed by atoms with E-state index in [2.05, 4.69) is 19.3 Å². The monoisotopic (exact) mass is 148 g/mol. The van der Waals surface area contributed by atoms with Crippen molar-refractivity contribution in [2.24, 2.45) is 0 Å². The summed E-state index contributed by atoms with van der Waals surface area (Å²) in [5.74, 6) is 0. The number of rotatable bonds is 6. The van der Waals surface area contributed by atoms with E-state index >= 15 is 0 Å². The lowest BCUT2D eigenvalue weighted by molar-refractivity contribution is -0.892. The molecule has 4 N–H and O–H groups in total. The van der Waals surface area contributed by atoms with Gasteiger partial charge in [-0.3, -0.25) is 0 Å². The average molecular weight is 148 g/mol. The first-order chi connectivity index (χ1) is 4.81. The molecule has 1 atom stereocenters. The third-order valence-electron chi connectivity index (χ3n) is 1.71. The molecule has 0 aromatic carbocycles. The van der Waals surface area contributed by atoms with Gasteiger partial charge in [0.1, 0.15) is 13.1 Å². The third-order valence-corrected chi connectivity index (χ3v) is 1.71. The highest BCUT2D eigenvalue weighted by Crippen LogP contribution is 1.41. The fraction of sp³-hybridized carbons (Fsp3) is 1.00. The summed E-state index contributed by atoms with van der Waals surface area (Å²) >= 11 is 0. The van der Waals surface area contributed by atoms with Gasteiger partial charge >= 0.3 is 0 Å². The fourth-order valence-corrected chi connectivity index (χ4v) is 0.761. The minimum Gasteiger partial charge on any atom is -0.391 e. The quantitative estimate of drug-likeness (QED) is 0.347. The number of nitrogens with two attached hydrogens (primary N) is 1. The maximum Gasteiger partial charge on any atom is 0.127 e. The molecular weight excluding hydrogens is 128 g/mol. The average Bonchev–Trinajstić information content (AvgIpc) is 1.98. The molecular formula is C7H20N2O+2. The maximum absolute atomic E-state index is 8.45. The fourth-order valence-electron chi connectivity index (χ4n) is 0.761. The summed E-state index contributed by atoms with van der Waals surface area (Å²) in [6.45, 7) is 6.83. The van der Waals surface area contributed by atoms with E-state index < -0.39 is 0 Å². The van der Waals surface area contributed by atoms with Gasteiger partial charge in [0.2, 0.25) is 0 Å². The molecule has 10 heavy (non-hydrogen) atoms. The minimum atomic E-state index is 0.297. The Hall–Kier alpha value is -0.120. The molecule has 0 aromatic rings. The van der Waals surface area contributed by atoms with Crippen LogP contribution in [0.4, 0.5) is 0 Å². The molecule has 0 aromatic heterocycles. The van der Waals surface area contributed by atoms with Gasteiger partial charge in [-0.25, -0.2) is 0 Å². The van der Waals surface area contributed by atoms with Crippen LogP contribution >= 0.6 is 0 Å². The number of hydrogen-bond acceptors (Lipinski definition) is 1. The second-order valence-electron chi connectivity index (χ2n) is 2.65. The van der Waals surface area contributed by atoms with Crippen molar-refractivity contribution < 1.29 is 15.3 Å². The van der Waals surface area contributed by atoms with Gasteiger partial charge in [0.05, 0.1) is 26.7 Å². The summed E-state index contributed by atoms with van der Waals surface area (Å²) in [6.07, 6.45) is 0. The lowest BCUT2D eigenvalue weighted by Gasteiger charge is -2.08. The van der Waals surface area contributed by atoms with Crippen LogP contribution in [0, 0.1) is 0 Å². The Morgan fingerprint density at radius 2 is 2.10 bits per heavy atom. The number of quaternary nitrogens is 2. The molecule has 1 unspecified atom stereocenters. The van der Waals surface area contributed by atoms with Crippen molar-refractivity contribution in [2.75, 3.05) is 39.8 Å². The van der Waals surface area contributed by atoms with E-state index in [1.54, 1.807) is 4.90 Å². The molecule has 3 heteroatoms. The van der Waals surface area contributed by atoms with Crippen molar-refractivity contribution in [3.05, 3.63) is 0 Å². The second kappa shape index (κ2) is 6.99. The molecule has 0 aliphatic heterocycles. The van der Waals surface area contributed by atoms with Crippen molar-refractivity contribution in [3.8, 4) is 0 Å². The van der Waals surface area contributed by atoms with Crippen molar-refractivity contribution in [1.82, 2.24) is 0 Å². The molecule has 0 rings (SSSR count). The van der Waals surface area contributed by atoms with Crippen molar-refractivity contribution in [3.63, 3.8) is 0 Å². The molecule has 3 nitrogen and oxygen atoms in total. The molecule has 0 saturated carbocycles. The van der Waals surface area contributed by atoms with Gasteiger partial charge in [-0.05, 0) is 6.92 Å². The summed E-state index contributed by atoms with van der Waals surface area (Å²) in [5.41, 5.74) is 0. The largest absolute Gasteiger partial charge is 0.391 e. The molecule has 0 saturated heterocycles. The van der Waals surface area contributed by atoms with Gasteiger partial charge in [0, 0.05) is 0 Å². The van der Waals surface area contributed by atoms with Crippen LogP contribution in [0.1, 0.15) is 6.92 Å². The van der Waals surface area contributed by atoms with E-state index in [0.717, 1.165) is 13.1 Å². The smallest absolute Gasteiger partial charge is 0.127 e. The van der Waals surface area contributed by atoms with Crippen LogP contribution in [0.15, 0.2) is 0 Å². The van der Waals surface area contributed by atoms with E-state index in [9.17, 15) is 0 Å². The van der Waals surface area contributed by atoms with Crippen LogP contribution in [0.5, 0.6) is 0 Å². The number of hydrogen-bond donors (Lipinski definition) is 3. The number of nitrogens with one attached hydrogen (secondary N) is 1. The number of aliphatic hydroxyl groups excluding tert-OH is 1. The predicted octanol–water partition coefficient (Wildman–Crippen LogP) is -2.92. The molecule has 0 aliphatic rings. The highest BCUT2D eigenvalue weighted by molar-refractivity contribution is 4.19. The molecule has 0 heterocycles. The molecule has 0 radical (unpaired) electrons. The first-order valence-corrected chi connectivity index (χ1v) is 4.05. The van der Waals surface area contributed by atoms with Crippen molar-refractivity contribution in [2.45, 2.75) is 6.92 Å². The van der Waals surface area contributed by atoms with E-state index in [-0.39, 0.29) is 0 Å². The van der Waals surface area contributed by atoms with Gasteiger partial charge < -0.3 is 15.3 Å². The molecule has 62 valence electrons. The van der Waals surface area contributed by atoms with Gasteiger partial charge in [-0.2, -0.15) is 0 Å². The van der Waals surface area contributed by atoms with Gasteiger partial charge in [-0.1, -0.05) is 0 Å². The van der Waals surface area contributed by atoms with Crippen LogP contribution in [-0.4, -0.2) is 44.9 Å². The zero-order chi connectivity index (χ0) is 7.82. The third kappa shape index (κ3) is 6.01. The van der Waals surface area contributed by atoms with Crippen molar-refractivity contribution >= 4 is 0 Å². The lowest BCUT2D eigenvalue weighted by atomic mass is 10.5. The highest BCUT2D eigenvalue weighted by Gasteiger charge is 1.97. The Kier molecular flexibility index (Phi) is 6.91. The normalized spacial score (nSPS) is 13.5. The van der Waals surface area contributed by atoms with E-state index in [1.807, 2.05) is 0 Å². The topological polar surface area (TPSA) is 41.3 Å². The SMILES string of the molecule is CC[NH+](C)CC[NH2+]CCO. The zero-order valence-corrected chi connectivity index (χ0v) is 7.06. The van der Waals surface area contributed by atoms with E-state index in [0.29, 0.717) is 6.61 Å². The van der Waals surface area contributed by atoms with Gasteiger partial charge in [0.15, 0.2) is 0 Å². The van der Waals surface area contributed by atoms with Crippen molar-refractivity contribution in [1.29, 1.82) is 0 Å². The van der Waals surface area contributed by atoms with E-state index in [1.165, 1.54) is 13.1 Å². The Balaban J connectivity index is 2.89. The summed E-state index contributed by atoms with van der Waals surface area (Å²) in [7, 11) is 2.19. The van der Waals surface area contributed by atoms with Gasteiger partial charge in [-0.15, -0.1) is 0 Å². The molecule has 0 aliphatic carbocycles. The standard InChI is InChI=1S/C7H18N2O/c1-3-9(2)6-4-8-5-7-10/h8,10H,3-7H2,1-2H3/p+2. The Morgan fingerprint density at radius 3 is 2.60 bits per heavy atom. The first kappa shape index (κ1) is 9.88.